The molecule has 3 aromatic rings. The number of rotatable bonds is 6. The number of halogens is 3. The Kier molecular flexibility index (Phi) is 6.05. The molecule has 1 saturated carbocycles. The molecule has 32 heavy (non-hydrogen) atoms. The lowest BCUT2D eigenvalue weighted by Gasteiger charge is -2.30. The van der Waals surface area contributed by atoms with Gasteiger partial charge in [-0.05, 0) is 36.0 Å². The number of imidazole rings is 1. The number of hydrogen-bond acceptors (Lipinski definition) is 6. The summed E-state index contributed by atoms with van der Waals surface area (Å²) in [6.45, 7) is 0. The molecule has 0 saturated heterocycles. The van der Waals surface area contributed by atoms with Crippen molar-refractivity contribution in [1.29, 1.82) is 0 Å². The van der Waals surface area contributed by atoms with Crippen LogP contribution in [0.4, 0.5) is 24.7 Å². The lowest BCUT2D eigenvalue weighted by atomic mass is 9.87. The molecule has 1 aromatic carbocycles. The first kappa shape index (κ1) is 22.4. The third-order valence-electron chi connectivity index (χ3n) is 5.45. The maximum Gasteiger partial charge on any atom is 0.391 e. The monoisotopic (exact) mass is 471 g/mol. The van der Waals surface area contributed by atoms with Gasteiger partial charge < -0.3 is 15.0 Å². The molecule has 9 nitrogen and oxygen atoms in total. The van der Waals surface area contributed by atoms with Gasteiger partial charge in [0.05, 0.1) is 24.0 Å². The molecule has 1 fully saturated rings. The predicted molar refractivity (Wildman–Crippen MR) is 112 cm³/mol. The Hall–Kier alpha value is -2.77. The smallest absolute Gasteiger partial charge is 0.391 e. The zero-order valence-electron chi connectivity index (χ0n) is 17.0. The van der Waals surface area contributed by atoms with Gasteiger partial charge in [0.1, 0.15) is 17.6 Å². The summed E-state index contributed by atoms with van der Waals surface area (Å²) in [4.78, 5) is 15.3. The fourth-order valence-electron chi connectivity index (χ4n) is 3.67. The summed E-state index contributed by atoms with van der Waals surface area (Å²) >= 11 is 0. The number of ether oxygens (including phenoxy) is 1. The second-order valence-electron chi connectivity index (χ2n) is 7.47. The van der Waals surface area contributed by atoms with E-state index in [1.807, 2.05) is 0 Å². The number of nitrogens with zero attached hydrogens (tertiary/aromatic N) is 3. The second-order valence-corrected chi connectivity index (χ2v) is 9.40. The average molecular weight is 471 g/mol. The lowest BCUT2D eigenvalue weighted by molar-refractivity contribution is -0.185. The van der Waals surface area contributed by atoms with E-state index in [0.717, 1.165) is 0 Å². The lowest BCUT2D eigenvalue weighted by Crippen LogP contribution is -2.32. The molecule has 1 unspecified atom stereocenters. The molecule has 2 heterocycles. The Morgan fingerprint density at radius 1 is 1.19 bits per heavy atom. The quantitative estimate of drug-likeness (QED) is 0.400. The molecule has 0 bridgehead atoms. The van der Waals surface area contributed by atoms with Crippen molar-refractivity contribution in [3.8, 4) is 5.75 Å². The summed E-state index contributed by atoms with van der Waals surface area (Å²) in [6, 6.07) is 4.40. The molecule has 4 rings (SSSR count). The Balaban J connectivity index is 1.62. The van der Waals surface area contributed by atoms with E-state index in [-0.39, 0.29) is 30.6 Å². The van der Waals surface area contributed by atoms with Crippen molar-refractivity contribution in [3.63, 3.8) is 0 Å². The number of hydrogen-bond donors (Lipinski definition) is 4. The Morgan fingerprint density at radius 2 is 1.94 bits per heavy atom. The zero-order chi connectivity index (χ0) is 22.9. The summed E-state index contributed by atoms with van der Waals surface area (Å²) in [5, 5.41) is 3.07. The number of fused-ring (bicyclic) bond motifs is 1. The van der Waals surface area contributed by atoms with Gasteiger partial charge in [-0.2, -0.15) is 17.7 Å². The number of nitrogens with one attached hydrogen (secondary N) is 3. The molecule has 0 aliphatic heterocycles. The average Bonchev–Trinajstić information content (AvgIpc) is 3.24. The molecule has 0 amide bonds. The van der Waals surface area contributed by atoms with Crippen molar-refractivity contribution in [2.45, 2.75) is 42.9 Å². The molecule has 13 heteroatoms. The van der Waals surface area contributed by atoms with Crippen molar-refractivity contribution in [3.05, 3.63) is 30.9 Å². The second kappa shape index (κ2) is 8.64. The normalized spacial score (nSPS) is 21.3. The Labute approximate surface area is 182 Å². The van der Waals surface area contributed by atoms with Gasteiger partial charge in [0.2, 0.25) is 4.90 Å². The van der Waals surface area contributed by atoms with Gasteiger partial charge in [0, 0.05) is 19.2 Å². The largest absolute Gasteiger partial charge is 0.488 e. The van der Waals surface area contributed by atoms with Crippen LogP contribution in [-0.4, -0.2) is 43.8 Å². The van der Waals surface area contributed by atoms with Crippen LogP contribution in [0, 0.1) is 5.92 Å². The van der Waals surface area contributed by atoms with Crippen LogP contribution in [0.5, 0.6) is 5.75 Å². The summed E-state index contributed by atoms with van der Waals surface area (Å²) in [6.07, 6.45) is -1.31. The fraction of sp³-hybridized carbons (Fsp3) is 0.421. The molecule has 4 N–H and O–H groups in total. The van der Waals surface area contributed by atoms with E-state index in [1.54, 1.807) is 0 Å². The van der Waals surface area contributed by atoms with Crippen LogP contribution in [0.3, 0.4) is 0 Å². The van der Waals surface area contributed by atoms with E-state index >= 15 is 0 Å². The Bertz CT molecular complexity index is 1150. The summed E-state index contributed by atoms with van der Waals surface area (Å²) in [5.41, 5.74) is 1.28. The van der Waals surface area contributed by atoms with Crippen molar-refractivity contribution in [1.82, 2.24) is 24.7 Å². The summed E-state index contributed by atoms with van der Waals surface area (Å²) < 4.78 is 69.8. The maximum atomic E-state index is 13.0. The number of alkyl halides is 3. The molecule has 0 radical (unpaired) electrons. The number of H-pyrrole nitrogens is 1. The zero-order valence-corrected chi connectivity index (χ0v) is 17.8. The molecule has 2 aromatic heterocycles. The molecule has 1 atom stereocenters. The van der Waals surface area contributed by atoms with Gasteiger partial charge in [0.15, 0.2) is 11.5 Å². The van der Waals surface area contributed by atoms with Crippen molar-refractivity contribution >= 4 is 33.1 Å². The van der Waals surface area contributed by atoms with Crippen LogP contribution in [-0.2, 0) is 14.6 Å². The molecule has 0 spiro atoms. The van der Waals surface area contributed by atoms with E-state index in [0.29, 0.717) is 28.4 Å². The van der Waals surface area contributed by atoms with E-state index in [4.69, 9.17) is 4.74 Å². The standard InChI is InChI=1S/C19H21F3N6O3S/c1-23-32(29,30)13-6-7-15(31-12-4-2-11(3-5-12)19(20,21)22)14(8-13)28-18-16-17(25-9-24-16)26-10-27-18/h6-12H,2-5H2,1H3,(H3-,23,24,25,26,27,28,29,30)/p+1. The van der Waals surface area contributed by atoms with Crippen LogP contribution in [0.1, 0.15) is 25.7 Å². The third-order valence-corrected chi connectivity index (χ3v) is 6.90. The van der Waals surface area contributed by atoms with Gasteiger partial charge in [-0.3, -0.25) is 0 Å². The number of benzene rings is 1. The van der Waals surface area contributed by atoms with Crippen molar-refractivity contribution in [2.24, 2.45) is 5.92 Å². The number of anilines is 2. The molecule has 1 aliphatic carbocycles. The van der Waals surface area contributed by atoms with Crippen LogP contribution in [0.2, 0.25) is 0 Å². The van der Waals surface area contributed by atoms with Gasteiger partial charge in [-0.1, -0.05) is 0 Å². The minimum absolute atomic E-state index is 0.0000959. The third kappa shape index (κ3) is 4.69. The highest BCUT2D eigenvalue weighted by molar-refractivity contribution is 7.95. The van der Waals surface area contributed by atoms with Crippen LogP contribution >= 0.6 is 0 Å². The Morgan fingerprint density at radius 3 is 2.62 bits per heavy atom. The fourth-order valence-corrected chi connectivity index (χ4v) is 4.44. The molecular formula is C19H22F3N6O3S+. The highest BCUT2D eigenvalue weighted by Crippen LogP contribution is 2.40. The van der Waals surface area contributed by atoms with E-state index in [2.05, 4.69) is 30.0 Å². The van der Waals surface area contributed by atoms with Gasteiger partial charge in [-0.25, -0.2) is 15.0 Å². The topological polar surface area (TPSA) is 125 Å². The highest BCUT2D eigenvalue weighted by atomic mass is 32.3. The first-order valence-electron chi connectivity index (χ1n) is 9.91. The molecule has 172 valence electrons. The SMILES string of the molecule is CN[S+](=O)(O)c1ccc(OC2CCC(C(F)(F)F)CC2)c(Nc2ncnc3nc[nH]c23)c1. The summed E-state index contributed by atoms with van der Waals surface area (Å²) in [7, 11) is -2.13. The van der Waals surface area contributed by atoms with Crippen LogP contribution in [0.25, 0.3) is 11.2 Å². The predicted octanol–water partition coefficient (Wildman–Crippen LogP) is 4.06. The van der Waals surface area contributed by atoms with Gasteiger partial charge >= 0.3 is 16.6 Å². The highest BCUT2D eigenvalue weighted by Gasteiger charge is 2.42. The van der Waals surface area contributed by atoms with Crippen molar-refractivity contribution in [2.75, 3.05) is 12.4 Å². The first-order chi connectivity index (χ1) is 15.2. The van der Waals surface area contributed by atoms with E-state index in [1.165, 1.54) is 37.9 Å². The number of aromatic nitrogens is 4. The molecular weight excluding hydrogens is 449 g/mol. The number of aromatic amines is 1. The minimum Gasteiger partial charge on any atom is -0.488 e. The van der Waals surface area contributed by atoms with Crippen molar-refractivity contribution < 1.29 is 26.7 Å². The van der Waals surface area contributed by atoms with Crippen LogP contribution in [0.15, 0.2) is 35.7 Å². The van der Waals surface area contributed by atoms with E-state index < -0.39 is 28.6 Å². The molecule has 1 aliphatic rings. The summed E-state index contributed by atoms with van der Waals surface area (Å²) in [5.74, 6) is -0.613. The minimum atomic E-state index is -4.20. The van der Waals surface area contributed by atoms with E-state index in [9.17, 15) is 21.9 Å². The maximum absolute atomic E-state index is 13.0. The first-order valence-corrected chi connectivity index (χ1v) is 11.4. The van der Waals surface area contributed by atoms with Gasteiger partial charge in [-0.15, -0.1) is 4.72 Å². The van der Waals surface area contributed by atoms with Crippen LogP contribution < -0.4 is 14.8 Å². The van der Waals surface area contributed by atoms with Gasteiger partial charge in [0.25, 0.3) is 0 Å².